The second-order valence-electron chi connectivity index (χ2n) is 3.99. The van der Waals surface area contributed by atoms with Crippen LogP contribution in [0.4, 0.5) is 0 Å². The summed E-state index contributed by atoms with van der Waals surface area (Å²) >= 11 is 7.01. The van der Waals surface area contributed by atoms with Crippen LogP contribution in [0.1, 0.15) is 23.5 Å². The summed E-state index contributed by atoms with van der Waals surface area (Å²) in [6, 6.07) is 3.47. The summed E-state index contributed by atoms with van der Waals surface area (Å²) in [5.74, 6) is -0.479. The van der Waals surface area contributed by atoms with Crippen LogP contribution in [-0.2, 0) is 4.79 Å². The highest BCUT2D eigenvalue weighted by atomic mass is 35.5. The molecule has 0 unspecified atom stereocenters. The number of thiophene rings is 1. The largest absolute Gasteiger partial charge is 0.369 e. The Kier molecular flexibility index (Phi) is 5.11. The minimum atomic E-state index is -0.435. The van der Waals surface area contributed by atoms with Gasteiger partial charge < -0.3 is 5.73 Å². The summed E-state index contributed by atoms with van der Waals surface area (Å²) in [5, 5.41) is 0. The van der Waals surface area contributed by atoms with Crippen LogP contribution in [0.15, 0.2) is 12.1 Å². The summed E-state index contributed by atoms with van der Waals surface area (Å²) < 4.78 is 0.583. The van der Waals surface area contributed by atoms with Crippen molar-refractivity contribution < 1.29 is 9.59 Å². The topological polar surface area (TPSA) is 63.4 Å². The zero-order valence-corrected chi connectivity index (χ0v) is 11.3. The molecular weight excluding hydrogens is 260 g/mol. The van der Waals surface area contributed by atoms with Crippen molar-refractivity contribution in [3.05, 3.63) is 21.3 Å². The molecule has 0 saturated heterocycles. The number of carbonyl (C=O) groups excluding carboxylic acids is 2. The van der Waals surface area contributed by atoms with Gasteiger partial charge in [0.15, 0.2) is 5.78 Å². The van der Waals surface area contributed by atoms with Gasteiger partial charge >= 0.3 is 0 Å². The van der Waals surface area contributed by atoms with E-state index in [1.807, 2.05) is 13.8 Å². The van der Waals surface area contributed by atoms with E-state index in [1.54, 1.807) is 17.0 Å². The van der Waals surface area contributed by atoms with Gasteiger partial charge in [-0.2, -0.15) is 0 Å². The number of amides is 1. The number of hydrogen-bond donors (Lipinski definition) is 1. The van der Waals surface area contributed by atoms with E-state index in [-0.39, 0.29) is 24.9 Å². The summed E-state index contributed by atoms with van der Waals surface area (Å²) in [5.41, 5.74) is 5.14. The highest BCUT2D eigenvalue weighted by Gasteiger charge is 2.18. The van der Waals surface area contributed by atoms with Crippen LogP contribution < -0.4 is 5.73 Å². The number of primary amides is 1. The number of Topliss-reactive ketones (excluding diaryl/α,β-unsaturated/α-hetero) is 1. The number of hydrogen-bond acceptors (Lipinski definition) is 4. The third-order valence-corrected chi connectivity index (χ3v) is 3.56. The molecule has 1 amide bonds. The minimum Gasteiger partial charge on any atom is -0.369 e. The van der Waals surface area contributed by atoms with Crippen LogP contribution in [0.3, 0.4) is 0 Å². The Morgan fingerprint density at radius 2 is 2.06 bits per heavy atom. The first-order valence-corrected chi connectivity index (χ1v) is 6.40. The van der Waals surface area contributed by atoms with E-state index in [0.29, 0.717) is 9.21 Å². The van der Waals surface area contributed by atoms with E-state index in [9.17, 15) is 9.59 Å². The fraction of sp³-hybridized carbons (Fsp3) is 0.455. The number of ketones is 1. The van der Waals surface area contributed by atoms with E-state index in [2.05, 4.69) is 0 Å². The second-order valence-corrected chi connectivity index (χ2v) is 5.71. The second kappa shape index (κ2) is 6.14. The van der Waals surface area contributed by atoms with Crippen molar-refractivity contribution in [3.63, 3.8) is 0 Å². The van der Waals surface area contributed by atoms with Gasteiger partial charge in [0, 0.05) is 6.04 Å². The third kappa shape index (κ3) is 4.46. The summed E-state index contributed by atoms with van der Waals surface area (Å²) in [6.45, 7) is 4.09. The van der Waals surface area contributed by atoms with Crippen LogP contribution >= 0.6 is 22.9 Å². The molecule has 94 valence electrons. The van der Waals surface area contributed by atoms with Gasteiger partial charge in [0.05, 0.1) is 22.3 Å². The van der Waals surface area contributed by atoms with Crippen LogP contribution in [0.2, 0.25) is 4.34 Å². The highest BCUT2D eigenvalue weighted by molar-refractivity contribution is 7.18. The van der Waals surface area contributed by atoms with Gasteiger partial charge in [0.2, 0.25) is 5.91 Å². The Labute approximate surface area is 109 Å². The standard InChI is InChI=1S/C11H15ClN2O2S/c1-7(2)14(6-11(13)16)5-8(15)9-3-4-10(12)17-9/h3-4,7H,5-6H2,1-2H3,(H2,13,16). The van der Waals surface area contributed by atoms with Gasteiger partial charge in [-0.25, -0.2) is 0 Å². The lowest BCUT2D eigenvalue weighted by Crippen LogP contribution is -2.41. The van der Waals surface area contributed by atoms with Crippen molar-refractivity contribution in [2.24, 2.45) is 5.73 Å². The highest BCUT2D eigenvalue weighted by Crippen LogP contribution is 2.22. The van der Waals surface area contributed by atoms with E-state index in [0.717, 1.165) is 0 Å². The molecule has 0 fully saturated rings. The zero-order valence-electron chi connectivity index (χ0n) is 9.77. The average Bonchev–Trinajstić information content (AvgIpc) is 2.63. The van der Waals surface area contributed by atoms with Crippen LogP contribution in [0.25, 0.3) is 0 Å². The lowest BCUT2D eigenvalue weighted by Gasteiger charge is -2.23. The molecule has 0 aromatic carbocycles. The molecule has 0 aliphatic rings. The van der Waals surface area contributed by atoms with Gasteiger partial charge in [-0.15, -0.1) is 11.3 Å². The molecule has 1 heterocycles. The van der Waals surface area contributed by atoms with Crippen molar-refractivity contribution in [1.29, 1.82) is 0 Å². The Morgan fingerprint density at radius 1 is 1.41 bits per heavy atom. The van der Waals surface area contributed by atoms with Crippen molar-refractivity contribution in [1.82, 2.24) is 4.90 Å². The molecule has 1 rings (SSSR count). The van der Waals surface area contributed by atoms with Crippen LogP contribution in [-0.4, -0.2) is 35.7 Å². The maximum atomic E-state index is 11.9. The van der Waals surface area contributed by atoms with Crippen molar-refractivity contribution in [3.8, 4) is 0 Å². The van der Waals surface area contributed by atoms with Crippen LogP contribution in [0, 0.1) is 0 Å². The predicted octanol–water partition coefficient (Wildman–Crippen LogP) is 1.78. The zero-order chi connectivity index (χ0) is 13.0. The number of halogens is 1. The monoisotopic (exact) mass is 274 g/mol. The summed E-state index contributed by atoms with van der Waals surface area (Å²) in [7, 11) is 0. The van der Waals surface area contributed by atoms with E-state index in [4.69, 9.17) is 17.3 Å². The Balaban J connectivity index is 2.67. The molecule has 17 heavy (non-hydrogen) atoms. The first-order valence-electron chi connectivity index (χ1n) is 5.21. The van der Waals surface area contributed by atoms with E-state index >= 15 is 0 Å². The van der Waals surface area contributed by atoms with Gasteiger partial charge in [-0.1, -0.05) is 11.6 Å². The first-order chi connectivity index (χ1) is 7.90. The van der Waals surface area contributed by atoms with E-state index < -0.39 is 5.91 Å². The average molecular weight is 275 g/mol. The molecule has 0 atom stereocenters. The number of rotatable bonds is 6. The normalized spacial score (nSPS) is 11.1. The summed E-state index contributed by atoms with van der Waals surface area (Å²) in [4.78, 5) is 25.1. The molecule has 1 aromatic rings. The Bertz CT molecular complexity index is 417. The smallest absolute Gasteiger partial charge is 0.231 e. The van der Waals surface area contributed by atoms with Gasteiger partial charge in [0.1, 0.15) is 0 Å². The number of nitrogens with two attached hydrogens (primary N) is 1. The van der Waals surface area contributed by atoms with Crippen molar-refractivity contribution in [2.45, 2.75) is 19.9 Å². The quantitative estimate of drug-likeness (QED) is 0.805. The van der Waals surface area contributed by atoms with Gasteiger partial charge in [-0.05, 0) is 26.0 Å². The fourth-order valence-corrected chi connectivity index (χ4v) is 2.32. The Hall–Kier alpha value is -0.910. The Morgan fingerprint density at radius 3 is 2.47 bits per heavy atom. The summed E-state index contributed by atoms with van der Waals surface area (Å²) in [6.07, 6.45) is 0. The predicted molar refractivity (Wildman–Crippen MR) is 69.6 cm³/mol. The number of carbonyl (C=O) groups is 2. The lowest BCUT2D eigenvalue weighted by atomic mass is 10.2. The lowest BCUT2D eigenvalue weighted by molar-refractivity contribution is -0.119. The molecule has 0 bridgehead atoms. The molecule has 0 aliphatic heterocycles. The van der Waals surface area contributed by atoms with E-state index in [1.165, 1.54) is 11.3 Å². The maximum absolute atomic E-state index is 11.9. The van der Waals surface area contributed by atoms with Crippen molar-refractivity contribution in [2.75, 3.05) is 13.1 Å². The fourth-order valence-electron chi connectivity index (χ4n) is 1.35. The van der Waals surface area contributed by atoms with Crippen molar-refractivity contribution >= 4 is 34.6 Å². The SMILES string of the molecule is CC(C)N(CC(N)=O)CC(=O)c1ccc(Cl)s1. The molecule has 6 heteroatoms. The van der Waals surface area contributed by atoms with Crippen LogP contribution in [0.5, 0.6) is 0 Å². The van der Waals surface area contributed by atoms with Gasteiger partial charge in [0.25, 0.3) is 0 Å². The molecule has 0 radical (unpaired) electrons. The maximum Gasteiger partial charge on any atom is 0.231 e. The molecule has 0 saturated carbocycles. The first kappa shape index (κ1) is 14.2. The van der Waals surface area contributed by atoms with Gasteiger partial charge in [-0.3, -0.25) is 14.5 Å². The molecule has 1 aromatic heterocycles. The molecular formula is C11H15ClN2O2S. The minimum absolute atomic E-state index is 0.0446. The molecule has 4 nitrogen and oxygen atoms in total. The molecule has 2 N–H and O–H groups in total. The molecule has 0 spiro atoms. The number of nitrogens with zero attached hydrogens (tertiary/aromatic N) is 1. The third-order valence-electron chi connectivity index (χ3n) is 2.28. The molecule has 0 aliphatic carbocycles.